The van der Waals surface area contributed by atoms with Gasteiger partial charge in [-0.3, -0.25) is 4.79 Å². The Hall–Kier alpha value is -0.290. The number of amides is 1. The number of alkyl halides is 1. The van der Waals surface area contributed by atoms with E-state index in [0.29, 0.717) is 12.8 Å². The van der Waals surface area contributed by atoms with Gasteiger partial charge >= 0.3 is 0 Å². The second-order valence-corrected chi connectivity index (χ2v) is 6.64. The summed E-state index contributed by atoms with van der Waals surface area (Å²) < 4.78 is 22.9. The number of carbonyl (C=O) groups excluding carboxylic acids is 1. The fourth-order valence-corrected chi connectivity index (χ4v) is 3.45. The van der Waals surface area contributed by atoms with E-state index in [4.69, 9.17) is 11.6 Å². The van der Waals surface area contributed by atoms with Crippen molar-refractivity contribution in [1.29, 1.82) is 0 Å². The molecule has 0 aliphatic carbocycles. The van der Waals surface area contributed by atoms with Gasteiger partial charge in [-0.2, -0.15) is 0 Å². The van der Waals surface area contributed by atoms with E-state index in [1.54, 1.807) is 6.92 Å². The number of hydrogen-bond donors (Lipinski definition) is 1. The summed E-state index contributed by atoms with van der Waals surface area (Å²) in [5.41, 5.74) is 0. The summed E-state index contributed by atoms with van der Waals surface area (Å²) >= 11 is 5.52. The Bertz CT molecular complexity index is 328. The zero-order chi connectivity index (χ0) is 11.5. The molecule has 0 spiro atoms. The van der Waals surface area contributed by atoms with Crippen LogP contribution in [-0.2, 0) is 14.6 Å². The molecule has 0 bridgehead atoms. The summed E-state index contributed by atoms with van der Waals surface area (Å²) in [6.07, 6.45) is 1.35. The highest BCUT2D eigenvalue weighted by molar-refractivity contribution is 7.92. The third-order valence-electron chi connectivity index (χ3n) is 2.65. The van der Waals surface area contributed by atoms with Gasteiger partial charge in [0, 0.05) is 18.3 Å². The second-order valence-electron chi connectivity index (χ2n) is 3.93. The Kier molecular flexibility index (Phi) is 4.40. The second kappa shape index (κ2) is 5.16. The molecule has 6 heteroatoms. The van der Waals surface area contributed by atoms with Crippen LogP contribution in [0.15, 0.2) is 0 Å². The van der Waals surface area contributed by atoms with E-state index in [0.717, 1.165) is 0 Å². The normalized spacial score (nSPS) is 26.1. The van der Waals surface area contributed by atoms with Crippen LogP contribution in [0.2, 0.25) is 0 Å². The van der Waals surface area contributed by atoms with Crippen LogP contribution in [0.25, 0.3) is 0 Å². The minimum atomic E-state index is -2.96. The molecular formula is C9H16ClNO3S. The maximum atomic E-state index is 11.4. The van der Waals surface area contributed by atoms with E-state index < -0.39 is 15.1 Å². The van der Waals surface area contributed by atoms with E-state index in [-0.39, 0.29) is 30.0 Å². The molecular weight excluding hydrogens is 238 g/mol. The number of nitrogens with one attached hydrogen (secondary N) is 1. The molecule has 0 radical (unpaired) electrons. The minimum absolute atomic E-state index is 0.174. The first-order chi connectivity index (χ1) is 6.97. The molecule has 1 rings (SSSR count). The van der Waals surface area contributed by atoms with Crippen molar-refractivity contribution in [3.8, 4) is 0 Å². The zero-order valence-corrected chi connectivity index (χ0v) is 10.3. The lowest BCUT2D eigenvalue weighted by Crippen LogP contribution is -2.37. The molecule has 1 N–H and O–H groups in total. The molecule has 4 nitrogen and oxygen atoms in total. The molecule has 2 atom stereocenters. The van der Waals surface area contributed by atoms with Gasteiger partial charge in [-0.1, -0.05) is 6.92 Å². The third-order valence-corrected chi connectivity index (χ3v) is 5.38. The van der Waals surface area contributed by atoms with Crippen LogP contribution in [0, 0.1) is 5.92 Å². The molecule has 15 heavy (non-hydrogen) atoms. The van der Waals surface area contributed by atoms with Crippen LogP contribution >= 0.6 is 11.6 Å². The number of halogens is 1. The van der Waals surface area contributed by atoms with E-state index in [1.807, 2.05) is 0 Å². The summed E-state index contributed by atoms with van der Waals surface area (Å²) in [6, 6.07) is 0. The monoisotopic (exact) mass is 253 g/mol. The van der Waals surface area contributed by atoms with Crippen molar-refractivity contribution >= 4 is 27.3 Å². The Morgan fingerprint density at radius 3 is 2.73 bits per heavy atom. The molecule has 2 unspecified atom stereocenters. The summed E-state index contributed by atoms with van der Waals surface area (Å²) in [5.74, 6) is 0.0600. The van der Waals surface area contributed by atoms with Crippen LogP contribution in [0.5, 0.6) is 0 Å². The third kappa shape index (κ3) is 3.34. The molecule has 0 saturated carbocycles. The standard InChI is InChI=1S/C9H16ClNO3S/c1-7(5-10)9(12)11-6-8-3-2-4-15(8,13)14/h7-8H,2-6H2,1H3,(H,11,12). The van der Waals surface area contributed by atoms with Crippen molar-refractivity contribution < 1.29 is 13.2 Å². The summed E-state index contributed by atoms with van der Waals surface area (Å²) in [4.78, 5) is 11.4. The first kappa shape index (κ1) is 12.8. The number of hydrogen-bond acceptors (Lipinski definition) is 3. The fourth-order valence-electron chi connectivity index (χ4n) is 1.55. The van der Waals surface area contributed by atoms with Gasteiger partial charge in [-0.15, -0.1) is 11.6 Å². The van der Waals surface area contributed by atoms with Gasteiger partial charge in [0.2, 0.25) is 5.91 Å². The van der Waals surface area contributed by atoms with Gasteiger partial charge in [0.15, 0.2) is 9.84 Å². The Morgan fingerprint density at radius 2 is 2.27 bits per heavy atom. The van der Waals surface area contributed by atoms with Gasteiger partial charge in [0.05, 0.1) is 11.0 Å². The van der Waals surface area contributed by atoms with E-state index in [2.05, 4.69) is 5.32 Å². The van der Waals surface area contributed by atoms with Gasteiger partial charge < -0.3 is 5.32 Å². The smallest absolute Gasteiger partial charge is 0.224 e. The first-order valence-electron chi connectivity index (χ1n) is 5.02. The average Bonchev–Trinajstić information content (AvgIpc) is 2.53. The predicted octanol–water partition coefficient (Wildman–Crippen LogP) is 0.555. The van der Waals surface area contributed by atoms with Gasteiger partial charge in [0.1, 0.15) is 0 Å². The Labute approximate surface area is 95.3 Å². The Morgan fingerprint density at radius 1 is 1.60 bits per heavy atom. The van der Waals surface area contributed by atoms with Crippen molar-refractivity contribution in [3.63, 3.8) is 0 Å². The highest BCUT2D eigenvalue weighted by atomic mass is 35.5. The SMILES string of the molecule is CC(CCl)C(=O)NCC1CCCS1(=O)=O. The quantitative estimate of drug-likeness (QED) is 0.745. The average molecular weight is 254 g/mol. The van der Waals surface area contributed by atoms with Gasteiger partial charge in [0.25, 0.3) is 0 Å². The van der Waals surface area contributed by atoms with Crippen LogP contribution in [0.4, 0.5) is 0 Å². The molecule has 1 aliphatic heterocycles. The fraction of sp³-hybridized carbons (Fsp3) is 0.889. The largest absolute Gasteiger partial charge is 0.355 e. The van der Waals surface area contributed by atoms with Crippen LogP contribution < -0.4 is 5.32 Å². The summed E-state index contributed by atoms with van der Waals surface area (Å²) in [5, 5.41) is 2.23. The molecule has 1 saturated heterocycles. The van der Waals surface area contributed by atoms with Crippen molar-refractivity contribution in [2.75, 3.05) is 18.2 Å². The molecule has 1 heterocycles. The summed E-state index contributed by atoms with van der Waals surface area (Å²) in [7, 11) is -2.96. The van der Waals surface area contributed by atoms with E-state index >= 15 is 0 Å². The van der Waals surface area contributed by atoms with Gasteiger partial charge in [-0.05, 0) is 12.8 Å². The topological polar surface area (TPSA) is 63.2 Å². The van der Waals surface area contributed by atoms with E-state index in [1.165, 1.54) is 0 Å². The minimum Gasteiger partial charge on any atom is -0.355 e. The van der Waals surface area contributed by atoms with Crippen molar-refractivity contribution in [2.24, 2.45) is 5.92 Å². The molecule has 88 valence electrons. The van der Waals surface area contributed by atoms with Crippen LogP contribution in [-0.4, -0.2) is 37.8 Å². The van der Waals surface area contributed by atoms with Crippen molar-refractivity contribution in [3.05, 3.63) is 0 Å². The lowest BCUT2D eigenvalue weighted by molar-refractivity contribution is -0.123. The van der Waals surface area contributed by atoms with Crippen molar-refractivity contribution in [2.45, 2.75) is 25.0 Å². The molecule has 1 amide bonds. The predicted molar refractivity (Wildman–Crippen MR) is 59.7 cm³/mol. The highest BCUT2D eigenvalue weighted by Gasteiger charge is 2.31. The maximum absolute atomic E-state index is 11.4. The molecule has 0 aromatic heterocycles. The van der Waals surface area contributed by atoms with Gasteiger partial charge in [-0.25, -0.2) is 8.42 Å². The maximum Gasteiger partial charge on any atom is 0.224 e. The summed E-state index contributed by atoms with van der Waals surface area (Å²) in [6.45, 7) is 1.94. The molecule has 1 aliphatic rings. The molecule has 0 aromatic rings. The zero-order valence-electron chi connectivity index (χ0n) is 8.70. The molecule has 1 fully saturated rings. The lowest BCUT2D eigenvalue weighted by Gasteiger charge is -2.13. The van der Waals surface area contributed by atoms with E-state index in [9.17, 15) is 13.2 Å². The first-order valence-corrected chi connectivity index (χ1v) is 7.27. The number of sulfone groups is 1. The Balaban J connectivity index is 2.41. The number of carbonyl (C=O) groups is 1. The highest BCUT2D eigenvalue weighted by Crippen LogP contribution is 2.19. The van der Waals surface area contributed by atoms with Crippen LogP contribution in [0.1, 0.15) is 19.8 Å². The van der Waals surface area contributed by atoms with Crippen LogP contribution in [0.3, 0.4) is 0 Å². The number of rotatable bonds is 4. The lowest BCUT2D eigenvalue weighted by atomic mass is 10.2. The molecule has 0 aromatic carbocycles. The van der Waals surface area contributed by atoms with Crippen molar-refractivity contribution in [1.82, 2.24) is 5.32 Å².